The standard InChI is InChI=1S/C27H46O2/c1-17(2)25(29)11-6-18(3)22-9-10-23-21-8-7-19-16-20(28)12-14-26(19,4)24(21)13-15-27(22,23)5/h7,17-18,20-25,28-29H,6,8-16H2,1-5H3/t18-,20+,21+,22-,23+,24+,25-,26+,27-/m1/s1/i1+1,2+1,11+1,17+1,25+1. The van der Waals surface area contributed by atoms with Crippen molar-refractivity contribution in [3.05, 3.63) is 11.6 Å². The Balaban J connectivity index is 1.49. The van der Waals surface area contributed by atoms with Crippen LogP contribution in [0.2, 0.25) is 0 Å². The summed E-state index contributed by atoms with van der Waals surface area (Å²) in [7, 11) is 0. The summed E-state index contributed by atoms with van der Waals surface area (Å²) in [6.07, 6.45) is 14.4. The van der Waals surface area contributed by atoms with Gasteiger partial charge in [-0.15, -0.1) is 0 Å². The predicted octanol–water partition coefficient (Wildman–Crippen LogP) is 6.36. The zero-order chi connectivity index (χ0) is 21.0. The van der Waals surface area contributed by atoms with Crippen molar-refractivity contribution in [1.82, 2.24) is 0 Å². The molecule has 0 saturated heterocycles. The number of hydrogen-bond donors (Lipinski definition) is 2. The Bertz CT molecular complexity index is 624. The van der Waals surface area contributed by atoms with Crippen molar-refractivity contribution in [3.8, 4) is 0 Å². The van der Waals surface area contributed by atoms with Gasteiger partial charge >= 0.3 is 0 Å². The smallest absolute Gasteiger partial charge is 0.0577 e. The van der Waals surface area contributed by atoms with Crippen molar-refractivity contribution in [2.75, 3.05) is 0 Å². The van der Waals surface area contributed by atoms with Crippen molar-refractivity contribution >= 4 is 0 Å². The quantitative estimate of drug-likeness (QED) is 0.411. The molecule has 2 nitrogen and oxygen atoms in total. The first-order valence-electron chi connectivity index (χ1n) is 12.7. The second kappa shape index (κ2) is 7.97. The van der Waals surface area contributed by atoms with E-state index in [0.29, 0.717) is 16.7 Å². The minimum Gasteiger partial charge on any atom is -0.393 e. The zero-order valence-electron chi connectivity index (χ0n) is 19.7. The predicted molar refractivity (Wildman–Crippen MR) is 120 cm³/mol. The second-order valence-corrected chi connectivity index (χ2v) is 12.3. The summed E-state index contributed by atoms with van der Waals surface area (Å²) in [6, 6.07) is 0. The largest absolute Gasteiger partial charge is 0.393 e. The van der Waals surface area contributed by atoms with Crippen LogP contribution in [0, 0.1) is 46.3 Å². The fourth-order valence-corrected chi connectivity index (χ4v) is 8.59. The summed E-state index contributed by atoms with van der Waals surface area (Å²) in [4.78, 5) is 0. The van der Waals surface area contributed by atoms with E-state index in [0.717, 1.165) is 48.9 Å². The van der Waals surface area contributed by atoms with Gasteiger partial charge in [-0.3, -0.25) is 0 Å². The number of aliphatic hydroxyl groups is 2. The van der Waals surface area contributed by atoms with Crippen molar-refractivity contribution in [2.45, 2.75) is 111 Å². The molecule has 0 heterocycles. The Hall–Kier alpha value is -0.340. The Morgan fingerprint density at radius 1 is 1.00 bits per heavy atom. The first-order valence-corrected chi connectivity index (χ1v) is 12.7. The number of aliphatic hydroxyl groups excluding tert-OH is 2. The maximum atomic E-state index is 10.3. The van der Waals surface area contributed by atoms with Crippen LogP contribution in [0.5, 0.6) is 0 Å². The van der Waals surface area contributed by atoms with E-state index in [2.05, 4.69) is 40.7 Å². The fourth-order valence-electron chi connectivity index (χ4n) is 8.59. The molecular weight excluding hydrogens is 361 g/mol. The summed E-state index contributed by atoms with van der Waals surface area (Å²) in [5.41, 5.74) is 2.44. The van der Waals surface area contributed by atoms with Gasteiger partial charge in [-0.05, 0) is 111 Å². The lowest BCUT2D eigenvalue weighted by Crippen LogP contribution is -2.50. The first kappa shape index (κ1) is 21.9. The summed E-state index contributed by atoms with van der Waals surface area (Å²) in [5, 5.41) is 20.5. The Kier molecular flexibility index (Phi) is 6.01. The molecule has 0 bridgehead atoms. The molecule has 4 aliphatic carbocycles. The molecule has 2 N–H and O–H groups in total. The Morgan fingerprint density at radius 3 is 2.48 bits per heavy atom. The topological polar surface area (TPSA) is 40.5 Å². The molecule has 0 aromatic rings. The van der Waals surface area contributed by atoms with Crippen LogP contribution < -0.4 is 0 Å². The van der Waals surface area contributed by atoms with Gasteiger partial charge in [0.1, 0.15) is 0 Å². The third-order valence-corrected chi connectivity index (χ3v) is 10.5. The monoisotopic (exact) mass is 407 g/mol. The van der Waals surface area contributed by atoms with E-state index >= 15 is 0 Å². The lowest BCUT2D eigenvalue weighted by atomic mass is 9.47. The van der Waals surface area contributed by atoms with Gasteiger partial charge in [0, 0.05) is 0 Å². The van der Waals surface area contributed by atoms with E-state index in [4.69, 9.17) is 0 Å². The average molecular weight is 408 g/mol. The molecule has 0 aromatic carbocycles. The number of fused-ring (bicyclic) bond motifs is 5. The van der Waals surface area contributed by atoms with Crippen LogP contribution in [0.15, 0.2) is 11.6 Å². The molecule has 9 atom stereocenters. The Morgan fingerprint density at radius 2 is 1.76 bits per heavy atom. The highest BCUT2D eigenvalue weighted by atomic mass is 16.4. The van der Waals surface area contributed by atoms with E-state index < -0.39 is 0 Å². The van der Waals surface area contributed by atoms with Gasteiger partial charge in [-0.25, -0.2) is 0 Å². The zero-order valence-corrected chi connectivity index (χ0v) is 19.7. The summed E-state index contributed by atoms with van der Waals surface area (Å²) in [5.74, 6) is 4.51. The van der Waals surface area contributed by atoms with Crippen molar-refractivity contribution in [1.29, 1.82) is 0 Å². The van der Waals surface area contributed by atoms with Gasteiger partial charge in [0.25, 0.3) is 0 Å². The van der Waals surface area contributed by atoms with Gasteiger partial charge < -0.3 is 10.2 Å². The summed E-state index contributed by atoms with van der Waals surface area (Å²) >= 11 is 0. The van der Waals surface area contributed by atoms with Crippen molar-refractivity contribution < 1.29 is 10.2 Å². The molecule has 0 unspecified atom stereocenters. The molecule has 29 heavy (non-hydrogen) atoms. The lowest BCUT2D eigenvalue weighted by Gasteiger charge is -2.58. The van der Waals surface area contributed by atoms with Gasteiger partial charge in [0.15, 0.2) is 0 Å². The number of allylic oxidation sites excluding steroid dienone is 1. The van der Waals surface area contributed by atoms with Crippen LogP contribution >= 0.6 is 0 Å². The second-order valence-electron chi connectivity index (χ2n) is 12.3. The third-order valence-electron chi connectivity index (χ3n) is 10.5. The fraction of sp³-hybridized carbons (Fsp3) is 0.926. The van der Waals surface area contributed by atoms with Crippen molar-refractivity contribution in [2.24, 2.45) is 46.3 Å². The van der Waals surface area contributed by atoms with E-state index in [9.17, 15) is 10.2 Å². The molecule has 166 valence electrons. The summed E-state index contributed by atoms with van der Waals surface area (Å²) < 4.78 is 0. The van der Waals surface area contributed by atoms with E-state index in [1.54, 1.807) is 5.57 Å². The van der Waals surface area contributed by atoms with Crippen LogP contribution in [0.4, 0.5) is 0 Å². The minimum absolute atomic E-state index is 0.0994. The van der Waals surface area contributed by atoms with Crippen LogP contribution in [-0.2, 0) is 0 Å². The Labute approximate surface area is 179 Å². The number of rotatable bonds is 5. The lowest BCUT2D eigenvalue weighted by molar-refractivity contribution is -0.0579. The van der Waals surface area contributed by atoms with Crippen LogP contribution in [-0.4, -0.2) is 22.4 Å². The molecule has 0 radical (unpaired) electrons. The van der Waals surface area contributed by atoms with E-state index in [-0.39, 0.29) is 12.2 Å². The molecule has 0 aliphatic heterocycles. The SMILES string of the molecule is C[C@H](C[13CH2][13C@@H](O)[13CH]([13CH3])[13CH3])[C@H]1CC[C@H]2[C@@H]3CC=C4C[C@@H](O)CC[C@]4(C)[C@H]3CC[C@]12C. The third kappa shape index (κ3) is 3.65. The highest BCUT2D eigenvalue weighted by molar-refractivity contribution is 5.25. The first-order chi connectivity index (χ1) is 13.7. The highest BCUT2D eigenvalue weighted by Gasteiger charge is 2.59. The highest BCUT2D eigenvalue weighted by Crippen LogP contribution is 2.67. The molecule has 0 spiro atoms. The average Bonchev–Trinajstić information content (AvgIpc) is 3.03. The molecule has 4 aliphatic rings. The molecule has 3 fully saturated rings. The molecule has 3 saturated carbocycles. The van der Waals surface area contributed by atoms with Gasteiger partial charge in [-0.2, -0.15) is 0 Å². The van der Waals surface area contributed by atoms with Crippen LogP contribution in [0.25, 0.3) is 0 Å². The molecule has 2 heteroatoms. The maximum absolute atomic E-state index is 10.3. The van der Waals surface area contributed by atoms with Crippen LogP contribution in [0.1, 0.15) is 98.8 Å². The van der Waals surface area contributed by atoms with Gasteiger partial charge in [0.05, 0.1) is 12.2 Å². The van der Waals surface area contributed by atoms with E-state index in [1.807, 2.05) is 0 Å². The van der Waals surface area contributed by atoms with Crippen molar-refractivity contribution in [3.63, 3.8) is 0 Å². The van der Waals surface area contributed by atoms with E-state index in [1.165, 1.54) is 44.9 Å². The number of hydrogen-bond acceptors (Lipinski definition) is 2. The molecule has 0 amide bonds. The molecular formula is C27H46O2. The summed E-state index contributed by atoms with van der Waals surface area (Å²) in [6.45, 7) is 11.9. The minimum atomic E-state index is -0.137. The molecule has 0 aromatic heterocycles. The normalized spacial score (nSPS) is 46.5. The molecule has 4 rings (SSSR count). The van der Waals surface area contributed by atoms with Crippen LogP contribution in [0.3, 0.4) is 0 Å². The maximum Gasteiger partial charge on any atom is 0.0577 e. The van der Waals surface area contributed by atoms with Gasteiger partial charge in [0.2, 0.25) is 0 Å². The van der Waals surface area contributed by atoms with Gasteiger partial charge in [-0.1, -0.05) is 46.3 Å².